The zero-order chi connectivity index (χ0) is 18.8. The predicted octanol–water partition coefficient (Wildman–Crippen LogP) is 1.57. The van der Waals surface area contributed by atoms with E-state index in [1.165, 1.54) is 17.8 Å². The third kappa shape index (κ3) is 7.22. The van der Waals surface area contributed by atoms with E-state index in [-0.39, 0.29) is 24.9 Å². The number of nitrogens with one attached hydrogen (secondary N) is 3. The summed E-state index contributed by atoms with van der Waals surface area (Å²) in [6.45, 7) is -0.424. The Bertz CT molecular complexity index is 626. The van der Waals surface area contributed by atoms with Crippen LogP contribution >= 0.6 is 11.3 Å². The van der Waals surface area contributed by atoms with Crippen molar-refractivity contribution in [3.63, 3.8) is 0 Å². The smallest absolute Gasteiger partial charge is 0.321 e. The lowest BCUT2D eigenvalue weighted by Gasteiger charge is -2.22. The highest BCUT2D eigenvalue weighted by atomic mass is 32.1. The van der Waals surface area contributed by atoms with Crippen LogP contribution in [0, 0.1) is 0 Å². The number of rotatable bonds is 7. The number of hydrogen-bond acceptors (Lipinski definition) is 6. The second kappa shape index (κ2) is 10.5. The van der Waals surface area contributed by atoms with Crippen LogP contribution in [0.3, 0.4) is 0 Å². The fraction of sp³-hybridized carbons (Fsp3) is 0.529. The number of thiophene rings is 1. The largest absolute Gasteiger partial charge is 0.456 e. The summed E-state index contributed by atoms with van der Waals surface area (Å²) >= 11 is 1.40. The second-order valence-electron chi connectivity index (χ2n) is 6.04. The molecule has 0 bridgehead atoms. The molecular formula is C17H23N3O5S. The molecule has 2 rings (SSSR count). The quantitative estimate of drug-likeness (QED) is 0.621. The lowest BCUT2D eigenvalue weighted by molar-refractivity contribution is -0.148. The molecule has 0 spiro atoms. The molecule has 1 aromatic heterocycles. The van der Waals surface area contributed by atoms with Gasteiger partial charge in [-0.15, -0.1) is 0 Å². The Balaban J connectivity index is 1.55. The van der Waals surface area contributed by atoms with Crippen LogP contribution in [0.2, 0.25) is 0 Å². The molecule has 1 saturated carbocycles. The van der Waals surface area contributed by atoms with Gasteiger partial charge in [0.2, 0.25) is 0 Å². The number of amides is 4. The third-order valence-corrected chi connectivity index (χ3v) is 4.64. The zero-order valence-electron chi connectivity index (χ0n) is 14.4. The first kappa shape index (κ1) is 19.9. The Morgan fingerprint density at radius 3 is 2.62 bits per heavy atom. The van der Waals surface area contributed by atoms with Crippen LogP contribution in [0.1, 0.15) is 48.9 Å². The van der Waals surface area contributed by atoms with Crippen molar-refractivity contribution in [3.05, 3.63) is 22.4 Å². The number of carbonyl (C=O) groups is 4. The summed E-state index contributed by atoms with van der Waals surface area (Å²) < 4.78 is 4.79. The first-order valence-electron chi connectivity index (χ1n) is 8.61. The van der Waals surface area contributed by atoms with E-state index >= 15 is 0 Å². The molecule has 142 valence electrons. The molecule has 3 N–H and O–H groups in total. The number of hydrogen-bond donors (Lipinski definition) is 3. The zero-order valence-corrected chi connectivity index (χ0v) is 15.2. The minimum absolute atomic E-state index is 0.0581. The first-order valence-corrected chi connectivity index (χ1v) is 9.55. The van der Waals surface area contributed by atoms with Gasteiger partial charge < -0.3 is 15.4 Å². The summed E-state index contributed by atoms with van der Waals surface area (Å²) in [4.78, 5) is 46.6. The van der Waals surface area contributed by atoms with Gasteiger partial charge in [-0.1, -0.05) is 19.3 Å². The van der Waals surface area contributed by atoms with Crippen molar-refractivity contribution in [1.82, 2.24) is 16.0 Å². The highest BCUT2D eigenvalue weighted by Crippen LogP contribution is 2.17. The second-order valence-corrected chi connectivity index (χ2v) is 6.82. The van der Waals surface area contributed by atoms with Crippen LogP contribution in [0.15, 0.2) is 16.8 Å². The van der Waals surface area contributed by atoms with Crippen LogP contribution < -0.4 is 16.0 Å². The van der Waals surface area contributed by atoms with Crippen LogP contribution in [0.4, 0.5) is 4.79 Å². The lowest BCUT2D eigenvalue weighted by Crippen LogP contribution is -2.46. The summed E-state index contributed by atoms with van der Waals surface area (Å²) in [5.74, 6) is -1.58. The van der Waals surface area contributed by atoms with Gasteiger partial charge in [-0.05, 0) is 24.3 Å². The van der Waals surface area contributed by atoms with Gasteiger partial charge in [-0.25, -0.2) is 4.79 Å². The molecule has 8 nitrogen and oxygen atoms in total. The number of esters is 1. The van der Waals surface area contributed by atoms with Gasteiger partial charge in [0.1, 0.15) is 0 Å². The molecule has 1 heterocycles. The fourth-order valence-electron chi connectivity index (χ4n) is 2.62. The number of ether oxygens (including phenoxy) is 1. The Labute approximate surface area is 155 Å². The molecule has 1 aliphatic carbocycles. The molecule has 26 heavy (non-hydrogen) atoms. The van der Waals surface area contributed by atoms with Gasteiger partial charge in [0.15, 0.2) is 6.61 Å². The highest BCUT2D eigenvalue weighted by Gasteiger charge is 2.17. The van der Waals surface area contributed by atoms with E-state index in [1.807, 2.05) is 0 Å². The summed E-state index contributed by atoms with van der Waals surface area (Å²) in [5.41, 5.74) is 0.534. The predicted molar refractivity (Wildman–Crippen MR) is 95.8 cm³/mol. The maximum absolute atomic E-state index is 11.7. The molecule has 1 aliphatic rings. The Morgan fingerprint density at radius 1 is 1.15 bits per heavy atom. The summed E-state index contributed by atoms with van der Waals surface area (Å²) in [6, 6.07) is 1.20. The maximum atomic E-state index is 11.7. The molecule has 0 saturated heterocycles. The SMILES string of the molecule is O=C(COC(=O)CCNC(=O)c1ccsc1)NC(=O)NC1CCCCC1. The number of urea groups is 1. The standard InChI is InChI=1S/C17H23N3O5S/c21-14(20-17(24)19-13-4-2-1-3-5-13)10-25-15(22)6-8-18-16(23)12-7-9-26-11-12/h7,9,11,13H,1-6,8,10H2,(H,18,23)(H2,19,20,21,24). The summed E-state index contributed by atoms with van der Waals surface area (Å²) in [5, 5.41) is 11.0. The average molecular weight is 381 g/mol. The fourth-order valence-corrected chi connectivity index (χ4v) is 3.26. The molecule has 1 fully saturated rings. The van der Waals surface area contributed by atoms with E-state index in [9.17, 15) is 19.2 Å². The van der Waals surface area contributed by atoms with E-state index in [0.29, 0.717) is 5.56 Å². The van der Waals surface area contributed by atoms with Crippen LogP contribution in [-0.4, -0.2) is 43.0 Å². The van der Waals surface area contributed by atoms with Crippen LogP contribution in [0.25, 0.3) is 0 Å². The van der Waals surface area contributed by atoms with Crippen molar-refractivity contribution in [3.8, 4) is 0 Å². The van der Waals surface area contributed by atoms with Gasteiger partial charge in [0.25, 0.3) is 11.8 Å². The van der Waals surface area contributed by atoms with Crippen molar-refractivity contribution in [2.45, 2.75) is 44.6 Å². The first-order chi connectivity index (χ1) is 12.5. The minimum Gasteiger partial charge on any atom is -0.456 e. The van der Waals surface area contributed by atoms with E-state index in [0.717, 1.165) is 25.7 Å². The normalized spacial score (nSPS) is 14.3. The van der Waals surface area contributed by atoms with Gasteiger partial charge in [-0.3, -0.25) is 19.7 Å². The van der Waals surface area contributed by atoms with E-state index in [1.54, 1.807) is 16.8 Å². The number of carbonyl (C=O) groups excluding carboxylic acids is 4. The Kier molecular flexibility index (Phi) is 8.07. The van der Waals surface area contributed by atoms with Crippen LogP contribution in [0.5, 0.6) is 0 Å². The molecule has 4 amide bonds. The maximum Gasteiger partial charge on any atom is 0.321 e. The van der Waals surface area contributed by atoms with Gasteiger partial charge >= 0.3 is 12.0 Å². The van der Waals surface area contributed by atoms with Gasteiger partial charge in [0, 0.05) is 23.5 Å². The van der Waals surface area contributed by atoms with Gasteiger partial charge in [0.05, 0.1) is 6.42 Å². The molecule has 0 aliphatic heterocycles. The molecule has 0 radical (unpaired) electrons. The molecule has 0 atom stereocenters. The third-order valence-electron chi connectivity index (χ3n) is 3.96. The topological polar surface area (TPSA) is 114 Å². The summed E-state index contributed by atoms with van der Waals surface area (Å²) in [7, 11) is 0. The van der Waals surface area contributed by atoms with Crippen molar-refractivity contribution in [2.24, 2.45) is 0 Å². The van der Waals surface area contributed by atoms with Crippen molar-refractivity contribution in [1.29, 1.82) is 0 Å². The summed E-state index contributed by atoms with van der Waals surface area (Å²) in [6.07, 6.45) is 5.07. The van der Waals surface area contributed by atoms with Crippen molar-refractivity contribution >= 4 is 35.2 Å². The van der Waals surface area contributed by atoms with E-state index < -0.39 is 24.5 Å². The van der Waals surface area contributed by atoms with E-state index in [2.05, 4.69) is 16.0 Å². The Morgan fingerprint density at radius 2 is 1.92 bits per heavy atom. The molecule has 9 heteroatoms. The van der Waals surface area contributed by atoms with Crippen molar-refractivity contribution in [2.75, 3.05) is 13.2 Å². The minimum atomic E-state index is -0.686. The van der Waals surface area contributed by atoms with E-state index in [4.69, 9.17) is 4.74 Å². The van der Waals surface area contributed by atoms with Gasteiger partial charge in [-0.2, -0.15) is 11.3 Å². The van der Waals surface area contributed by atoms with Crippen molar-refractivity contribution < 1.29 is 23.9 Å². The van der Waals surface area contributed by atoms with Crippen LogP contribution in [-0.2, 0) is 14.3 Å². The Hall–Kier alpha value is -2.42. The highest BCUT2D eigenvalue weighted by molar-refractivity contribution is 7.08. The lowest BCUT2D eigenvalue weighted by atomic mass is 9.96. The molecular weight excluding hydrogens is 358 g/mol. The molecule has 1 aromatic rings. The molecule has 0 aromatic carbocycles. The number of imide groups is 1. The monoisotopic (exact) mass is 381 g/mol. The average Bonchev–Trinajstić information content (AvgIpc) is 3.15. The molecule has 0 unspecified atom stereocenters.